The number of aryl methyl sites for hydroxylation is 2. The zero-order chi connectivity index (χ0) is 12.8. The fourth-order valence-corrected chi connectivity index (χ4v) is 4.25. The van der Waals surface area contributed by atoms with Gasteiger partial charge in [0.05, 0.1) is 6.20 Å². The van der Waals surface area contributed by atoms with Gasteiger partial charge < -0.3 is 5.11 Å². The number of H-pyrrole nitrogens is 1. The van der Waals surface area contributed by atoms with Crippen molar-refractivity contribution in [3.05, 3.63) is 32.5 Å². The fourth-order valence-electron chi connectivity index (χ4n) is 1.51. The molecular weight excluding hydrogens is 264 g/mol. The highest BCUT2D eigenvalue weighted by Gasteiger charge is 2.23. The molecule has 0 amide bonds. The van der Waals surface area contributed by atoms with Crippen LogP contribution in [0.4, 0.5) is 0 Å². The van der Waals surface area contributed by atoms with Crippen molar-refractivity contribution < 1.29 is 13.5 Å². The number of thiophene rings is 1. The number of nitrogens with zero attached hydrogens (tertiary/aromatic N) is 1. The van der Waals surface area contributed by atoms with Gasteiger partial charge in [-0.2, -0.15) is 3.97 Å². The molecule has 0 atom stereocenters. The van der Waals surface area contributed by atoms with Crippen LogP contribution in [0.1, 0.15) is 9.75 Å². The van der Waals surface area contributed by atoms with E-state index in [4.69, 9.17) is 5.11 Å². The molecule has 0 radical (unpaired) electrons. The van der Waals surface area contributed by atoms with Crippen LogP contribution >= 0.6 is 11.3 Å². The molecule has 0 spiro atoms. The van der Waals surface area contributed by atoms with Crippen molar-refractivity contribution in [2.45, 2.75) is 18.7 Å². The Bertz CT molecular complexity index is 721. The molecule has 2 rings (SSSR count). The lowest BCUT2D eigenvalue weighted by Gasteiger charge is -2.02. The monoisotopic (exact) mass is 274 g/mol. The zero-order valence-electron chi connectivity index (χ0n) is 9.09. The van der Waals surface area contributed by atoms with Crippen LogP contribution in [0.5, 0.6) is 5.88 Å². The third kappa shape index (κ3) is 1.89. The number of hydrogen-bond acceptors (Lipinski definition) is 5. The summed E-state index contributed by atoms with van der Waals surface area (Å²) >= 11 is 1.34. The number of imidazole rings is 1. The van der Waals surface area contributed by atoms with Gasteiger partial charge in [0.15, 0.2) is 0 Å². The maximum atomic E-state index is 12.1. The number of aromatic hydroxyl groups is 1. The summed E-state index contributed by atoms with van der Waals surface area (Å²) in [6, 6.07) is 1.51. The fraction of sp³-hybridized carbons (Fsp3) is 0.222. The molecule has 2 aromatic heterocycles. The number of rotatable bonds is 2. The van der Waals surface area contributed by atoms with Gasteiger partial charge in [-0.1, -0.05) is 0 Å². The first-order valence-electron chi connectivity index (χ1n) is 4.65. The molecule has 8 heteroatoms. The van der Waals surface area contributed by atoms with E-state index in [-0.39, 0.29) is 4.90 Å². The van der Waals surface area contributed by atoms with E-state index in [0.717, 1.165) is 11.1 Å². The molecule has 6 nitrogen and oxygen atoms in total. The first kappa shape index (κ1) is 11.9. The number of nitrogens with one attached hydrogen (secondary N) is 1. The first-order chi connectivity index (χ1) is 7.82. The van der Waals surface area contributed by atoms with Crippen molar-refractivity contribution in [3.63, 3.8) is 0 Å². The largest absolute Gasteiger partial charge is 0.493 e. The molecule has 0 fully saturated rings. The number of aromatic amines is 1. The van der Waals surface area contributed by atoms with E-state index in [1.165, 1.54) is 17.4 Å². The van der Waals surface area contributed by atoms with Crippen LogP contribution in [-0.2, 0) is 10.0 Å². The predicted molar refractivity (Wildman–Crippen MR) is 63.1 cm³/mol. The molecule has 0 aromatic carbocycles. The third-order valence-corrected chi connectivity index (χ3v) is 5.07. The van der Waals surface area contributed by atoms with Crippen LogP contribution in [0.25, 0.3) is 0 Å². The zero-order valence-corrected chi connectivity index (χ0v) is 10.7. The van der Waals surface area contributed by atoms with E-state index in [1.54, 1.807) is 13.8 Å². The predicted octanol–water partition coefficient (Wildman–Crippen LogP) is 0.797. The van der Waals surface area contributed by atoms with Crippen LogP contribution in [0.2, 0.25) is 0 Å². The molecule has 0 bridgehead atoms. The van der Waals surface area contributed by atoms with Gasteiger partial charge in [-0.15, -0.1) is 11.3 Å². The quantitative estimate of drug-likeness (QED) is 0.847. The topological polar surface area (TPSA) is 92.2 Å². The average Bonchev–Trinajstić information content (AvgIpc) is 2.70. The van der Waals surface area contributed by atoms with Gasteiger partial charge in [0.25, 0.3) is 10.0 Å². The minimum absolute atomic E-state index is 0.0844. The van der Waals surface area contributed by atoms with E-state index < -0.39 is 21.6 Å². The van der Waals surface area contributed by atoms with Gasteiger partial charge in [-0.3, -0.25) is 4.98 Å². The van der Waals surface area contributed by atoms with Gasteiger partial charge >= 0.3 is 5.69 Å². The summed E-state index contributed by atoms with van der Waals surface area (Å²) in [7, 11) is -3.94. The second-order valence-electron chi connectivity index (χ2n) is 3.52. The molecule has 0 aliphatic rings. The molecule has 17 heavy (non-hydrogen) atoms. The SMILES string of the molecule is Cc1cc(S(=O)(=O)n2cc(O)[nH]c2=O)c(C)s1. The summed E-state index contributed by atoms with van der Waals surface area (Å²) in [5, 5.41) is 9.08. The molecule has 0 saturated heterocycles. The van der Waals surface area contributed by atoms with Crippen molar-refractivity contribution in [1.82, 2.24) is 8.96 Å². The second-order valence-corrected chi connectivity index (χ2v) is 6.77. The summed E-state index contributed by atoms with van der Waals surface area (Å²) in [6.45, 7) is 3.45. The van der Waals surface area contributed by atoms with Crippen molar-refractivity contribution in [2.24, 2.45) is 0 Å². The van der Waals surface area contributed by atoms with E-state index in [9.17, 15) is 13.2 Å². The van der Waals surface area contributed by atoms with Gasteiger partial charge in [0, 0.05) is 9.75 Å². The Labute approximate surface area is 101 Å². The summed E-state index contributed by atoms with van der Waals surface area (Å²) in [5.41, 5.74) is -0.884. The summed E-state index contributed by atoms with van der Waals surface area (Å²) < 4.78 is 24.8. The van der Waals surface area contributed by atoms with Gasteiger partial charge in [-0.25, -0.2) is 13.2 Å². The summed E-state index contributed by atoms with van der Waals surface area (Å²) in [6.07, 6.45) is 0.851. The van der Waals surface area contributed by atoms with Gasteiger partial charge in [0.2, 0.25) is 5.88 Å². The molecule has 0 aliphatic carbocycles. The van der Waals surface area contributed by atoms with Crippen LogP contribution in [-0.4, -0.2) is 22.5 Å². The molecule has 0 saturated carbocycles. The minimum atomic E-state index is -3.94. The highest BCUT2D eigenvalue weighted by Crippen LogP contribution is 2.26. The molecule has 0 aliphatic heterocycles. The van der Waals surface area contributed by atoms with Crippen LogP contribution in [0.3, 0.4) is 0 Å². The smallest absolute Gasteiger partial charge is 0.342 e. The lowest BCUT2D eigenvalue weighted by atomic mass is 10.4. The highest BCUT2D eigenvalue weighted by molar-refractivity contribution is 7.90. The molecular formula is C9H10N2O4S2. The Morgan fingerprint density at radius 1 is 1.41 bits per heavy atom. The van der Waals surface area contributed by atoms with E-state index in [1.807, 2.05) is 4.98 Å². The Kier molecular flexibility index (Phi) is 2.63. The van der Waals surface area contributed by atoms with Crippen molar-refractivity contribution in [1.29, 1.82) is 0 Å². The Morgan fingerprint density at radius 3 is 2.47 bits per heavy atom. The van der Waals surface area contributed by atoms with Crippen molar-refractivity contribution >= 4 is 21.4 Å². The third-order valence-electron chi connectivity index (χ3n) is 2.21. The molecule has 0 unspecified atom stereocenters. The van der Waals surface area contributed by atoms with Crippen LogP contribution < -0.4 is 5.69 Å². The van der Waals surface area contributed by atoms with Crippen LogP contribution in [0, 0.1) is 13.8 Å². The number of hydrogen-bond donors (Lipinski definition) is 2. The van der Waals surface area contributed by atoms with Crippen molar-refractivity contribution in [3.8, 4) is 5.88 Å². The summed E-state index contributed by atoms with van der Waals surface area (Å²) in [5.74, 6) is -0.483. The molecule has 2 N–H and O–H groups in total. The van der Waals surface area contributed by atoms with Crippen LogP contribution in [0.15, 0.2) is 22.0 Å². The number of aromatic nitrogens is 2. The van der Waals surface area contributed by atoms with E-state index >= 15 is 0 Å². The summed E-state index contributed by atoms with van der Waals surface area (Å²) in [4.78, 5) is 14.9. The van der Waals surface area contributed by atoms with E-state index in [0.29, 0.717) is 8.85 Å². The van der Waals surface area contributed by atoms with Crippen molar-refractivity contribution in [2.75, 3.05) is 0 Å². The Morgan fingerprint density at radius 2 is 2.06 bits per heavy atom. The maximum absolute atomic E-state index is 12.1. The normalized spacial score (nSPS) is 11.9. The maximum Gasteiger partial charge on any atom is 0.342 e. The standard InChI is InChI=1S/C9H10N2O4S2/c1-5-3-7(6(2)16-5)17(14,15)11-4-8(12)10-9(11)13/h3-4,12H,1-2H3,(H,10,13). The average molecular weight is 274 g/mol. The molecule has 92 valence electrons. The van der Waals surface area contributed by atoms with Gasteiger partial charge in [0.1, 0.15) is 4.90 Å². The Hall–Kier alpha value is -1.54. The van der Waals surface area contributed by atoms with E-state index in [2.05, 4.69) is 0 Å². The first-order valence-corrected chi connectivity index (χ1v) is 6.91. The molecule has 2 heterocycles. The minimum Gasteiger partial charge on any atom is -0.493 e. The second kappa shape index (κ2) is 3.74. The lowest BCUT2D eigenvalue weighted by molar-refractivity contribution is 0.455. The Balaban J connectivity index is 2.70. The molecule has 2 aromatic rings. The lowest BCUT2D eigenvalue weighted by Crippen LogP contribution is -2.24. The van der Waals surface area contributed by atoms with Gasteiger partial charge in [-0.05, 0) is 19.9 Å². The highest BCUT2D eigenvalue weighted by atomic mass is 32.2.